The lowest BCUT2D eigenvalue weighted by Crippen LogP contribution is -2.34. The lowest BCUT2D eigenvalue weighted by atomic mass is 9.98. The number of benzene rings is 1. The van der Waals surface area contributed by atoms with Gasteiger partial charge in [0.1, 0.15) is 5.82 Å². The van der Waals surface area contributed by atoms with Crippen molar-refractivity contribution in [2.24, 2.45) is 5.92 Å². The van der Waals surface area contributed by atoms with E-state index in [9.17, 15) is 0 Å². The molecule has 0 spiro atoms. The molecular formula is C18H27ClN4. The fourth-order valence-electron chi connectivity index (χ4n) is 3.23. The molecule has 2 aromatic rings. The van der Waals surface area contributed by atoms with Crippen molar-refractivity contribution in [2.45, 2.75) is 25.9 Å². The van der Waals surface area contributed by atoms with Gasteiger partial charge in [-0.05, 0) is 44.5 Å². The molecule has 126 valence electrons. The second-order valence-electron chi connectivity index (χ2n) is 6.35. The zero-order valence-electron chi connectivity index (χ0n) is 13.8. The maximum atomic E-state index is 4.55. The van der Waals surface area contributed by atoms with E-state index in [2.05, 4.69) is 63.3 Å². The van der Waals surface area contributed by atoms with Crippen LogP contribution in [0.1, 0.15) is 24.2 Å². The third-order valence-corrected chi connectivity index (χ3v) is 4.44. The summed E-state index contributed by atoms with van der Waals surface area (Å²) >= 11 is 0. The molecule has 1 aliphatic rings. The third kappa shape index (κ3) is 5.34. The monoisotopic (exact) mass is 334 g/mol. The summed E-state index contributed by atoms with van der Waals surface area (Å²) in [6.07, 6.45) is 6.59. The van der Waals surface area contributed by atoms with Crippen molar-refractivity contribution in [1.82, 2.24) is 19.8 Å². The average molecular weight is 335 g/mol. The van der Waals surface area contributed by atoms with Crippen LogP contribution in [0.4, 0.5) is 0 Å². The van der Waals surface area contributed by atoms with Crippen LogP contribution in [0.3, 0.4) is 0 Å². The van der Waals surface area contributed by atoms with Crippen molar-refractivity contribution in [3.63, 3.8) is 0 Å². The first-order valence-corrected chi connectivity index (χ1v) is 8.24. The Balaban J connectivity index is 0.00000192. The van der Waals surface area contributed by atoms with Crippen molar-refractivity contribution in [3.05, 3.63) is 54.1 Å². The Morgan fingerprint density at radius 3 is 2.70 bits per heavy atom. The standard InChI is InChI=1S/C18H26N4.ClH/c1-21(13-17-7-9-19-10-8-17)15-18-20-11-12-22(18)14-16-5-3-2-4-6-16;/h2-6,11-12,17,19H,7-10,13-15H2,1H3;1H. The van der Waals surface area contributed by atoms with Gasteiger partial charge in [-0.3, -0.25) is 4.90 Å². The molecule has 3 rings (SSSR count). The number of aromatic nitrogens is 2. The van der Waals surface area contributed by atoms with Crippen molar-refractivity contribution >= 4 is 12.4 Å². The van der Waals surface area contributed by atoms with E-state index >= 15 is 0 Å². The summed E-state index contributed by atoms with van der Waals surface area (Å²) in [7, 11) is 2.21. The second-order valence-corrected chi connectivity index (χ2v) is 6.35. The van der Waals surface area contributed by atoms with Crippen LogP contribution in [0, 0.1) is 5.92 Å². The third-order valence-electron chi connectivity index (χ3n) is 4.44. The molecule has 0 saturated carbocycles. The van der Waals surface area contributed by atoms with Gasteiger partial charge in [0.05, 0.1) is 6.54 Å². The SMILES string of the molecule is CN(Cc1nccn1Cc1ccccc1)CC1CCNCC1.Cl. The molecule has 0 bridgehead atoms. The minimum Gasteiger partial charge on any atom is -0.329 e. The highest BCUT2D eigenvalue weighted by Gasteiger charge is 2.16. The van der Waals surface area contributed by atoms with Gasteiger partial charge in [-0.25, -0.2) is 4.98 Å². The van der Waals surface area contributed by atoms with Gasteiger partial charge in [0.15, 0.2) is 0 Å². The van der Waals surface area contributed by atoms with E-state index in [4.69, 9.17) is 0 Å². The summed E-state index contributed by atoms with van der Waals surface area (Å²) in [5, 5.41) is 3.43. The van der Waals surface area contributed by atoms with Crippen LogP contribution in [0.25, 0.3) is 0 Å². The predicted molar refractivity (Wildman–Crippen MR) is 96.9 cm³/mol. The minimum atomic E-state index is 0. The minimum absolute atomic E-state index is 0. The number of halogens is 1. The average Bonchev–Trinajstić information content (AvgIpc) is 2.96. The number of rotatable bonds is 6. The van der Waals surface area contributed by atoms with Gasteiger partial charge < -0.3 is 9.88 Å². The highest BCUT2D eigenvalue weighted by atomic mass is 35.5. The highest BCUT2D eigenvalue weighted by Crippen LogP contribution is 2.14. The largest absolute Gasteiger partial charge is 0.329 e. The van der Waals surface area contributed by atoms with E-state index in [-0.39, 0.29) is 12.4 Å². The van der Waals surface area contributed by atoms with Gasteiger partial charge in [-0.2, -0.15) is 0 Å². The first kappa shape index (κ1) is 18.0. The maximum absolute atomic E-state index is 4.55. The van der Waals surface area contributed by atoms with Gasteiger partial charge in [-0.1, -0.05) is 30.3 Å². The molecular weight excluding hydrogens is 308 g/mol. The molecule has 4 nitrogen and oxygen atoms in total. The summed E-state index contributed by atoms with van der Waals surface area (Å²) in [6.45, 7) is 5.32. The number of nitrogens with zero attached hydrogens (tertiary/aromatic N) is 3. The zero-order valence-corrected chi connectivity index (χ0v) is 14.6. The molecule has 1 aromatic carbocycles. The Morgan fingerprint density at radius 2 is 1.96 bits per heavy atom. The Morgan fingerprint density at radius 1 is 1.22 bits per heavy atom. The van der Waals surface area contributed by atoms with E-state index in [0.717, 1.165) is 24.8 Å². The van der Waals surface area contributed by atoms with Gasteiger partial charge in [-0.15, -0.1) is 12.4 Å². The summed E-state index contributed by atoms with van der Waals surface area (Å²) in [5.41, 5.74) is 1.32. The number of nitrogens with one attached hydrogen (secondary N) is 1. The Hall–Kier alpha value is -1.36. The molecule has 1 aromatic heterocycles. The van der Waals surface area contributed by atoms with Crippen LogP contribution < -0.4 is 5.32 Å². The van der Waals surface area contributed by atoms with Gasteiger partial charge in [0.2, 0.25) is 0 Å². The lowest BCUT2D eigenvalue weighted by molar-refractivity contribution is 0.229. The molecule has 1 saturated heterocycles. The first-order valence-electron chi connectivity index (χ1n) is 8.24. The van der Waals surface area contributed by atoms with Crippen LogP contribution in [0.2, 0.25) is 0 Å². The Labute approximate surface area is 145 Å². The van der Waals surface area contributed by atoms with Crippen LogP contribution in [0.5, 0.6) is 0 Å². The van der Waals surface area contributed by atoms with Crippen molar-refractivity contribution < 1.29 is 0 Å². The van der Waals surface area contributed by atoms with Crippen LogP contribution >= 0.6 is 12.4 Å². The van der Waals surface area contributed by atoms with Crippen LogP contribution in [-0.2, 0) is 13.1 Å². The number of hydrogen-bond donors (Lipinski definition) is 1. The lowest BCUT2D eigenvalue weighted by Gasteiger charge is -2.27. The Bertz CT molecular complexity index is 563. The molecule has 1 N–H and O–H groups in total. The quantitative estimate of drug-likeness (QED) is 0.881. The van der Waals surface area contributed by atoms with Gasteiger partial charge >= 0.3 is 0 Å². The molecule has 0 radical (unpaired) electrons. The molecule has 2 heterocycles. The van der Waals surface area contributed by atoms with Crippen molar-refractivity contribution in [3.8, 4) is 0 Å². The smallest absolute Gasteiger partial charge is 0.123 e. The van der Waals surface area contributed by atoms with E-state index in [1.807, 2.05) is 6.20 Å². The topological polar surface area (TPSA) is 33.1 Å². The van der Waals surface area contributed by atoms with E-state index in [1.165, 1.54) is 38.0 Å². The number of piperidine rings is 1. The number of hydrogen-bond acceptors (Lipinski definition) is 3. The zero-order chi connectivity index (χ0) is 15.2. The van der Waals surface area contributed by atoms with Crippen LogP contribution in [-0.4, -0.2) is 41.1 Å². The van der Waals surface area contributed by atoms with E-state index in [1.54, 1.807) is 0 Å². The Kier molecular flexibility index (Phi) is 7.09. The summed E-state index contributed by atoms with van der Waals surface area (Å²) < 4.78 is 2.26. The fraction of sp³-hybridized carbons (Fsp3) is 0.500. The van der Waals surface area contributed by atoms with E-state index in [0.29, 0.717) is 0 Å². The molecule has 1 fully saturated rings. The highest BCUT2D eigenvalue weighted by molar-refractivity contribution is 5.85. The first-order chi connectivity index (χ1) is 10.8. The van der Waals surface area contributed by atoms with Crippen LogP contribution in [0.15, 0.2) is 42.7 Å². The summed E-state index contributed by atoms with van der Waals surface area (Å²) in [5.74, 6) is 1.98. The second kappa shape index (κ2) is 9.06. The maximum Gasteiger partial charge on any atom is 0.123 e. The van der Waals surface area contributed by atoms with Gasteiger partial charge in [0.25, 0.3) is 0 Å². The fourth-order valence-corrected chi connectivity index (χ4v) is 3.23. The molecule has 0 atom stereocenters. The summed E-state index contributed by atoms with van der Waals surface area (Å²) in [4.78, 5) is 6.97. The molecule has 1 aliphatic heterocycles. The van der Waals surface area contributed by atoms with E-state index < -0.39 is 0 Å². The van der Waals surface area contributed by atoms with Crippen molar-refractivity contribution in [2.75, 3.05) is 26.7 Å². The summed E-state index contributed by atoms with van der Waals surface area (Å²) in [6, 6.07) is 10.6. The van der Waals surface area contributed by atoms with Gasteiger partial charge in [0, 0.05) is 25.5 Å². The molecule has 5 heteroatoms. The van der Waals surface area contributed by atoms with Crippen molar-refractivity contribution in [1.29, 1.82) is 0 Å². The molecule has 0 unspecified atom stereocenters. The molecule has 0 amide bonds. The number of imidazole rings is 1. The predicted octanol–water partition coefficient (Wildman–Crippen LogP) is 2.78. The molecule has 23 heavy (non-hydrogen) atoms. The normalized spacial score (nSPS) is 15.6. The molecule has 0 aliphatic carbocycles.